The molecule has 1 heterocycles. The molecule has 2 aromatic carbocycles. The van der Waals surface area contributed by atoms with Gasteiger partial charge < -0.3 is 19.8 Å². The van der Waals surface area contributed by atoms with Crippen molar-refractivity contribution in [3.63, 3.8) is 0 Å². The first-order valence-electron chi connectivity index (χ1n) is 13.0. The summed E-state index contributed by atoms with van der Waals surface area (Å²) in [6.45, 7) is 2.30. The molecule has 2 aromatic rings. The predicted octanol–water partition coefficient (Wildman–Crippen LogP) is 5.92. The summed E-state index contributed by atoms with van der Waals surface area (Å²) in [7, 11) is 2.27. The molecule has 1 aliphatic carbocycles. The molecule has 1 aliphatic heterocycles. The van der Waals surface area contributed by atoms with Gasteiger partial charge in [0.1, 0.15) is 11.4 Å². The molecule has 6 nitrogen and oxygen atoms in total. The summed E-state index contributed by atoms with van der Waals surface area (Å²) in [4.78, 5) is 21.6. The Morgan fingerprint density at radius 3 is 2.17 bits per heavy atom. The van der Waals surface area contributed by atoms with Gasteiger partial charge in [0, 0.05) is 30.2 Å². The highest BCUT2D eigenvalue weighted by molar-refractivity contribution is 5.89. The molecule has 1 spiro atoms. The van der Waals surface area contributed by atoms with Gasteiger partial charge in [0.2, 0.25) is 0 Å². The minimum Gasteiger partial charge on any atom is -0.486 e. The fourth-order valence-corrected chi connectivity index (χ4v) is 5.42. The van der Waals surface area contributed by atoms with Gasteiger partial charge in [-0.2, -0.15) is 0 Å². The van der Waals surface area contributed by atoms with Crippen molar-refractivity contribution in [1.29, 1.82) is 0 Å². The summed E-state index contributed by atoms with van der Waals surface area (Å²) in [5, 5.41) is 15.6. The van der Waals surface area contributed by atoms with E-state index in [0.29, 0.717) is 18.1 Å². The quantitative estimate of drug-likeness (QED) is 0.422. The van der Waals surface area contributed by atoms with Crippen molar-refractivity contribution in [2.75, 3.05) is 20.1 Å². The summed E-state index contributed by atoms with van der Waals surface area (Å²) in [5.41, 5.74) is 2.98. The number of fused-ring (bicyclic) bond motifs is 1. The van der Waals surface area contributed by atoms with Crippen LogP contribution in [0.3, 0.4) is 0 Å². The van der Waals surface area contributed by atoms with Crippen LogP contribution in [0.4, 0.5) is 0 Å². The number of likely N-dealkylation sites (N-methyl/N-ethyl adjacent to an activating group) is 1. The van der Waals surface area contributed by atoms with Gasteiger partial charge >= 0.3 is 11.9 Å². The summed E-state index contributed by atoms with van der Waals surface area (Å²) in [5.74, 6) is -0.782. The Labute approximate surface area is 214 Å². The van der Waals surface area contributed by atoms with Gasteiger partial charge in [0.15, 0.2) is 0 Å². The van der Waals surface area contributed by atoms with E-state index in [-0.39, 0.29) is 5.60 Å². The third kappa shape index (κ3) is 8.23. The average molecular weight is 494 g/mol. The van der Waals surface area contributed by atoms with Gasteiger partial charge in [0.25, 0.3) is 0 Å². The summed E-state index contributed by atoms with van der Waals surface area (Å²) < 4.78 is 6.68. The number of carbonyl (C=O) groups is 2. The Hall–Kier alpha value is -3.12. The monoisotopic (exact) mass is 493 g/mol. The maximum Gasteiger partial charge on any atom is 0.328 e. The smallest absolute Gasteiger partial charge is 0.328 e. The standard InChI is InChI=1S/C26H35NO.C4H4O4/c1-27(21-17-22-12-5-4-6-13-22)20-11-15-24-23-14-7-8-16-25(23)28-26(24)18-9-2-3-10-19-26;5-3(6)1-2-4(7)8/h4-8,12-14,16,24H,2-3,9-11,15,17-21H2,1H3;1-2H,(H,5,6)(H,7,8)/b;2-1+. The van der Waals surface area contributed by atoms with E-state index in [1.807, 2.05) is 0 Å². The van der Waals surface area contributed by atoms with Crippen molar-refractivity contribution in [2.24, 2.45) is 0 Å². The Balaban J connectivity index is 0.000000392. The SMILES string of the molecule is CN(CCCC1c2ccccc2OC12CCCCCC2)CCc1ccccc1.O=C(O)/C=C/C(=O)O. The maximum absolute atomic E-state index is 9.55. The zero-order valence-electron chi connectivity index (χ0n) is 21.3. The predicted molar refractivity (Wildman–Crippen MR) is 142 cm³/mol. The van der Waals surface area contributed by atoms with E-state index < -0.39 is 11.9 Å². The van der Waals surface area contributed by atoms with Crippen LogP contribution in [0.25, 0.3) is 0 Å². The first-order valence-corrected chi connectivity index (χ1v) is 13.0. The highest BCUT2D eigenvalue weighted by Gasteiger charge is 2.47. The average Bonchev–Trinajstić information content (AvgIpc) is 2.99. The Kier molecular flexibility index (Phi) is 10.6. The number of rotatable bonds is 9. The lowest BCUT2D eigenvalue weighted by atomic mass is 9.76. The van der Waals surface area contributed by atoms with Crippen molar-refractivity contribution in [1.82, 2.24) is 4.90 Å². The van der Waals surface area contributed by atoms with Gasteiger partial charge in [-0.1, -0.05) is 61.4 Å². The number of aliphatic carboxylic acids is 2. The van der Waals surface area contributed by atoms with Crippen LogP contribution in [0, 0.1) is 0 Å². The topological polar surface area (TPSA) is 87.1 Å². The Bertz CT molecular complexity index is 979. The first-order chi connectivity index (χ1) is 17.4. The molecule has 36 heavy (non-hydrogen) atoms. The molecule has 0 aromatic heterocycles. The summed E-state index contributed by atoms with van der Waals surface area (Å²) >= 11 is 0. The fraction of sp³-hybridized carbons (Fsp3) is 0.467. The lowest BCUT2D eigenvalue weighted by Crippen LogP contribution is -2.38. The number of para-hydroxylation sites is 1. The van der Waals surface area contributed by atoms with Crippen molar-refractivity contribution >= 4 is 11.9 Å². The van der Waals surface area contributed by atoms with E-state index in [1.54, 1.807) is 0 Å². The molecule has 2 aliphatic rings. The minimum absolute atomic E-state index is 0.0722. The van der Waals surface area contributed by atoms with Crippen LogP contribution in [-0.2, 0) is 16.0 Å². The largest absolute Gasteiger partial charge is 0.486 e. The molecular weight excluding hydrogens is 454 g/mol. The molecule has 6 heteroatoms. The second-order valence-electron chi connectivity index (χ2n) is 9.86. The molecule has 1 saturated carbocycles. The number of hydrogen-bond donors (Lipinski definition) is 2. The molecule has 0 saturated heterocycles. The van der Waals surface area contributed by atoms with E-state index >= 15 is 0 Å². The van der Waals surface area contributed by atoms with Crippen LogP contribution in [0.1, 0.15) is 68.4 Å². The second-order valence-corrected chi connectivity index (χ2v) is 9.86. The van der Waals surface area contributed by atoms with Crippen LogP contribution in [-0.4, -0.2) is 52.8 Å². The number of benzene rings is 2. The Morgan fingerprint density at radius 2 is 1.53 bits per heavy atom. The zero-order chi connectivity index (χ0) is 25.8. The van der Waals surface area contributed by atoms with E-state index in [9.17, 15) is 9.59 Å². The second kappa shape index (κ2) is 13.8. The third-order valence-electron chi connectivity index (χ3n) is 7.22. The molecule has 2 N–H and O–H groups in total. The maximum atomic E-state index is 9.55. The zero-order valence-corrected chi connectivity index (χ0v) is 21.3. The fourth-order valence-electron chi connectivity index (χ4n) is 5.42. The Morgan fingerprint density at radius 1 is 0.917 bits per heavy atom. The van der Waals surface area contributed by atoms with E-state index in [1.165, 1.54) is 69.0 Å². The van der Waals surface area contributed by atoms with E-state index in [4.69, 9.17) is 14.9 Å². The lowest BCUT2D eigenvalue weighted by Gasteiger charge is -2.34. The molecule has 1 atom stereocenters. The molecule has 194 valence electrons. The van der Waals surface area contributed by atoms with Crippen LogP contribution in [0.5, 0.6) is 5.75 Å². The third-order valence-corrected chi connectivity index (χ3v) is 7.22. The molecule has 0 amide bonds. The van der Waals surface area contributed by atoms with Crippen molar-refractivity contribution < 1.29 is 24.5 Å². The molecule has 0 bridgehead atoms. The van der Waals surface area contributed by atoms with Crippen LogP contribution >= 0.6 is 0 Å². The van der Waals surface area contributed by atoms with Gasteiger partial charge in [-0.15, -0.1) is 0 Å². The highest BCUT2D eigenvalue weighted by Crippen LogP contribution is 2.52. The number of hydrogen-bond acceptors (Lipinski definition) is 4. The first kappa shape index (κ1) is 27.5. The number of ether oxygens (including phenoxy) is 1. The number of nitrogens with zero attached hydrogens (tertiary/aromatic N) is 1. The van der Waals surface area contributed by atoms with E-state index in [0.717, 1.165) is 18.7 Å². The molecule has 4 rings (SSSR count). The van der Waals surface area contributed by atoms with Gasteiger partial charge in [-0.25, -0.2) is 9.59 Å². The van der Waals surface area contributed by atoms with Crippen molar-refractivity contribution in [3.05, 3.63) is 77.9 Å². The molecule has 1 fully saturated rings. The van der Waals surface area contributed by atoms with Crippen molar-refractivity contribution in [2.45, 2.75) is 69.3 Å². The molecule has 0 radical (unpaired) electrons. The van der Waals surface area contributed by atoms with Crippen molar-refractivity contribution in [3.8, 4) is 5.75 Å². The molecular formula is C30H39NO5. The normalized spacial score (nSPS) is 18.2. The van der Waals surface area contributed by atoms with Crippen LogP contribution < -0.4 is 4.74 Å². The minimum atomic E-state index is -1.26. The molecule has 1 unspecified atom stereocenters. The van der Waals surface area contributed by atoms with Crippen LogP contribution in [0.2, 0.25) is 0 Å². The van der Waals surface area contributed by atoms with Gasteiger partial charge in [0.05, 0.1) is 0 Å². The summed E-state index contributed by atoms with van der Waals surface area (Å²) in [6.07, 6.45) is 12.6. The number of carboxylic acids is 2. The van der Waals surface area contributed by atoms with E-state index in [2.05, 4.69) is 66.5 Å². The number of carboxylic acid groups (broad SMARTS) is 2. The van der Waals surface area contributed by atoms with Gasteiger partial charge in [-0.3, -0.25) is 0 Å². The van der Waals surface area contributed by atoms with Crippen LogP contribution in [0.15, 0.2) is 66.7 Å². The lowest BCUT2D eigenvalue weighted by molar-refractivity contribution is -0.134. The highest BCUT2D eigenvalue weighted by atomic mass is 16.5. The summed E-state index contributed by atoms with van der Waals surface area (Å²) in [6, 6.07) is 19.7. The van der Waals surface area contributed by atoms with Gasteiger partial charge in [-0.05, 0) is 70.2 Å².